The van der Waals surface area contributed by atoms with Crippen LogP contribution < -0.4 is 4.74 Å². The van der Waals surface area contributed by atoms with E-state index in [2.05, 4.69) is 12.1 Å². The number of hydrogen-bond acceptors (Lipinski definition) is 4. The molecule has 1 aromatic carbocycles. The van der Waals surface area contributed by atoms with Crippen LogP contribution in [0.5, 0.6) is 11.5 Å². The topological polar surface area (TPSA) is 62.0 Å². The Balaban J connectivity index is 2.63. The minimum Gasteiger partial charge on any atom is -0.507 e. The van der Waals surface area contributed by atoms with Gasteiger partial charge in [0.2, 0.25) is 0 Å². The molecular weight excluding hydrogens is 218 g/mol. The Labute approximate surface area is 102 Å². The molecule has 94 valence electrons. The summed E-state index contributed by atoms with van der Waals surface area (Å²) in [6.45, 7) is 4.41. The fourth-order valence-corrected chi connectivity index (χ4v) is 1.50. The summed E-state index contributed by atoms with van der Waals surface area (Å²) < 4.78 is 5.49. The highest BCUT2D eigenvalue weighted by molar-refractivity contribution is 6.00. The van der Waals surface area contributed by atoms with Crippen LogP contribution in [0.3, 0.4) is 0 Å². The van der Waals surface area contributed by atoms with Crippen LogP contribution in [0.25, 0.3) is 0 Å². The van der Waals surface area contributed by atoms with Crippen molar-refractivity contribution in [2.75, 3.05) is 6.61 Å². The molecule has 0 aliphatic carbocycles. The van der Waals surface area contributed by atoms with E-state index in [0.717, 1.165) is 19.3 Å². The quantitative estimate of drug-likeness (QED) is 0.346. The first-order valence-corrected chi connectivity index (χ1v) is 5.84. The van der Waals surface area contributed by atoms with E-state index in [1.165, 1.54) is 6.07 Å². The summed E-state index contributed by atoms with van der Waals surface area (Å²) in [5.41, 5.74) is 0.883. The van der Waals surface area contributed by atoms with Crippen LogP contribution in [0.15, 0.2) is 23.4 Å². The van der Waals surface area contributed by atoms with Crippen LogP contribution >= 0.6 is 0 Å². The van der Waals surface area contributed by atoms with E-state index in [1.54, 1.807) is 19.1 Å². The number of aromatic hydroxyl groups is 1. The first kappa shape index (κ1) is 13.4. The molecule has 0 amide bonds. The van der Waals surface area contributed by atoms with Crippen LogP contribution in [0, 0.1) is 0 Å². The van der Waals surface area contributed by atoms with E-state index >= 15 is 0 Å². The predicted molar refractivity (Wildman–Crippen MR) is 67.1 cm³/mol. The normalized spacial score (nSPS) is 11.5. The number of benzene rings is 1. The molecule has 0 radical (unpaired) electrons. The lowest BCUT2D eigenvalue weighted by Gasteiger charge is -2.08. The molecular formula is C13H19NO3. The molecule has 1 aromatic rings. The molecule has 0 aromatic heterocycles. The van der Waals surface area contributed by atoms with Gasteiger partial charge >= 0.3 is 0 Å². The summed E-state index contributed by atoms with van der Waals surface area (Å²) >= 11 is 0. The van der Waals surface area contributed by atoms with Crippen molar-refractivity contribution in [3.05, 3.63) is 23.8 Å². The third-order valence-electron chi connectivity index (χ3n) is 2.53. The molecule has 0 aliphatic heterocycles. The van der Waals surface area contributed by atoms with Crippen molar-refractivity contribution in [1.82, 2.24) is 0 Å². The zero-order valence-electron chi connectivity index (χ0n) is 10.3. The largest absolute Gasteiger partial charge is 0.507 e. The van der Waals surface area contributed by atoms with E-state index in [4.69, 9.17) is 9.94 Å². The number of ether oxygens (including phenoxy) is 1. The van der Waals surface area contributed by atoms with Crippen molar-refractivity contribution in [3.8, 4) is 11.5 Å². The number of phenolic OH excluding ortho intramolecular Hbond substituents is 1. The van der Waals surface area contributed by atoms with Gasteiger partial charge < -0.3 is 15.1 Å². The Morgan fingerprint density at radius 1 is 1.35 bits per heavy atom. The Morgan fingerprint density at radius 2 is 2.12 bits per heavy atom. The number of oxime groups is 1. The van der Waals surface area contributed by atoms with Crippen LogP contribution in [0.1, 0.15) is 38.7 Å². The van der Waals surface area contributed by atoms with E-state index in [9.17, 15) is 5.11 Å². The highest BCUT2D eigenvalue weighted by Crippen LogP contribution is 2.24. The van der Waals surface area contributed by atoms with Crippen LogP contribution in [0.2, 0.25) is 0 Å². The second-order valence-corrected chi connectivity index (χ2v) is 3.92. The molecule has 0 fully saturated rings. The van der Waals surface area contributed by atoms with E-state index < -0.39 is 0 Å². The lowest BCUT2D eigenvalue weighted by Crippen LogP contribution is -1.99. The molecule has 0 unspecified atom stereocenters. The van der Waals surface area contributed by atoms with Gasteiger partial charge in [-0.3, -0.25) is 0 Å². The molecule has 0 heterocycles. The predicted octanol–water partition coefficient (Wildman–Crippen LogP) is 3.16. The zero-order chi connectivity index (χ0) is 12.7. The lowest BCUT2D eigenvalue weighted by molar-refractivity contribution is 0.304. The smallest absolute Gasteiger partial charge is 0.128 e. The van der Waals surface area contributed by atoms with Gasteiger partial charge in [-0.25, -0.2) is 0 Å². The SMILES string of the molecule is CCCCCOc1ccc(C(C)=NO)c(O)c1. The van der Waals surface area contributed by atoms with Crippen molar-refractivity contribution in [1.29, 1.82) is 0 Å². The highest BCUT2D eigenvalue weighted by Gasteiger charge is 2.06. The second-order valence-electron chi connectivity index (χ2n) is 3.92. The van der Waals surface area contributed by atoms with Gasteiger partial charge in [-0.15, -0.1) is 0 Å². The summed E-state index contributed by atoms with van der Waals surface area (Å²) in [6, 6.07) is 4.98. The summed E-state index contributed by atoms with van der Waals surface area (Å²) in [6.07, 6.45) is 3.30. The van der Waals surface area contributed by atoms with Gasteiger partial charge in [0, 0.05) is 11.6 Å². The minimum absolute atomic E-state index is 0.0632. The van der Waals surface area contributed by atoms with Crippen LogP contribution in [-0.4, -0.2) is 22.6 Å². The molecule has 0 bridgehead atoms. The van der Waals surface area contributed by atoms with Gasteiger partial charge in [0.1, 0.15) is 11.5 Å². The number of phenols is 1. The fourth-order valence-electron chi connectivity index (χ4n) is 1.50. The monoisotopic (exact) mass is 237 g/mol. The van der Waals surface area contributed by atoms with Crippen LogP contribution in [-0.2, 0) is 0 Å². The van der Waals surface area contributed by atoms with Crippen molar-refractivity contribution >= 4 is 5.71 Å². The van der Waals surface area contributed by atoms with Gasteiger partial charge in [-0.2, -0.15) is 0 Å². The summed E-state index contributed by atoms with van der Waals surface area (Å²) in [5.74, 6) is 0.696. The third kappa shape index (κ3) is 3.98. The molecule has 0 aliphatic rings. The maximum atomic E-state index is 9.72. The number of nitrogens with zero attached hydrogens (tertiary/aromatic N) is 1. The molecule has 4 heteroatoms. The average Bonchev–Trinajstić information content (AvgIpc) is 2.34. The van der Waals surface area contributed by atoms with Crippen molar-refractivity contribution in [2.45, 2.75) is 33.1 Å². The standard InChI is InChI=1S/C13H19NO3/c1-3-4-5-8-17-11-6-7-12(10(2)14-16)13(15)9-11/h6-7,9,15-16H,3-5,8H2,1-2H3. The molecule has 17 heavy (non-hydrogen) atoms. The van der Waals surface area contributed by atoms with Crippen molar-refractivity contribution in [2.24, 2.45) is 5.16 Å². The van der Waals surface area contributed by atoms with Gasteiger partial charge in [0.05, 0.1) is 12.3 Å². The van der Waals surface area contributed by atoms with Gasteiger partial charge in [0.15, 0.2) is 0 Å². The van der Waals surface area contributed by atoms with E-state index in [-0.39, 0.29) is 5.75 Å². The van der Waals surface area contributed by atoms with Gasteiger partial charge in [-0.1, -0.05) is 24.9 Å². The fraction of sp³-hybridized carbons (Fsp3) is 0.462. The molecule has 0 spiro atoms. The van der Waals surface area contributed by atoms with E-state index in [0.29, 0.717) is 23.6 Å². The second kappa shape index (κ2) is 6.78. The summed E-state index contributed by atoms with van der Waals surface area (Å²) in [7, 11) is 0. The number of hydrogen-bond donors (Lipinski definition) is 2. The van der Waals surface area contributed by atoms with E-state index in [1.807, 2.05) is 0 Å². The molecule has 0 saturated carbocycles. The summed E-state index contributed by atoms with van der Waals surface area (Å²) in [5, 5.41) is 21.4. The Hall–Kier alpha value is -1.71. The zero-order valence-corrected chi connectivity index (χ0v) is 10.3. The van der Waals surface area contributed by atoms with Gasteiger partial charge in [0.25, 0.3) is 0 Å². The average molecular weight is 237 g/mol. The first-order chi connectivity index (χ1) is 8.19. The Morgan fingerprint density at radius 3 is 2.71 bits per heavy atom. The van der Waals surface area contributed by atoms with Crippen LogP contribution in [0.4, 0.5) is 0 Å². The third-order valence-corrected chi connectivity index (χ3v) is 2.53. The van der Waals surface area contributed by atoms with Gasteiger partial charge in [-0.05, 0) is 25.5 Å². The highest BCUT2D eigenvalue weighted by atomic mass is 16.5. The maximum absolute atomic E-state index is 9.72. The van der Waals surface area contributed by atoms with Crippen molar-refractivity contribution < 1.29 is 15.1 Å². The Bertz CT molecular complexity index is 388. The minimum atomic E-state index is 0.0632. The maximum Gasteiger partial charge on any atom is 0.128 e. The van der Waals surface area contributed by atoms with Crippen molar-refractivity contribution in [3.63, 3.8) is 0 Å². The number of rotatable bonds is 6. The Kier molecular flexibility index (Phi) is 5.33. The molecule has 0 atom stereocenters. The number of unbranched alkanes of at least 4 members (excludes halogenated alkanes) is 2. The molecule has 4 nitrogen and oxygen atoms in total. The lowest BCUT2D eigenvalue weighted by atomic mass is 10.1. The molecule has 0 saturated heterocycles. The summed E-state index contributed by atoms with van der Waals surface area (Å²) in [4.78, 5) is 0. The first-order valence-electron chi connectivity index (χ1n) is 5.84. The molecule has 2 N–H and O–H groups in total. The molecule has 1 rings (SSSR count).